The quantitative estimate of drug-likeness (QED) is 0.684. The summed E-state index contributed by atoms with van der Waals surface area (Å²) >= 11 is 0. The van der Waals surface area contributed by atoms with Gasteiger partial charge in [0.25, 0.3) is 0 Å². The number of nitrogens with one attached hydrogen (secondary N) is 1. The molecule has 2 atom stereocenters. The first kappa shape index (κ1) is 21.0. The average Bonchev–Trinajstić information content (AvgIpc) is 3.11. The molecule has 1 aliphatic rings. The number of hydrogen-bond acceptors (Lipinski definition) is 2. The Morgan fingerprint density at radius 2 is 1.73 bits per heavy atom. The Morgan fingerprint density at radius 3 is 2.23 bits per heavy atom. The first-order valence-corrected chi connectivity index (χ1v) is 10.0. The third-order valence-electron chi connectivity index (χ3n) is 6.24. The maximum atomic E-state index is 11.8. The van der Waals surface area contributed by atoms with E-state index in [-0.39, 0.29) is 17.6 Å². The second kappa shape index (κ2) is 8.57. The van der Waals surface area contributed by atoms with E-state index in [0.717, 1.165) is 37.7 Å². The molecule has 0 spiro atoms. The van der Waals surface area contributed by atoms with E-state index in [1.807, 2.05) is 30.3 Å². The molecule has 0 bridgehead atoms. The summed E-state index contributed by atoms with van der Waals surface area (Å²) in [5.41, 5.74) is -0.351. The van der Waals surface area contributed by atoms with Gasteiger partial charge in [0.05, 0.1) is 12.1 Å². The van der Waals surface area contributed by atoms with E-state index in [4.69, 9.17) is 0 Å². The van der Waals surface area contributed by atoms with E-state index >= 15 is 0 Å². The molecule has 1 saturated carbocycles. The van der Waals surface area contributed by atoms with Crippen molar-refractivity contribution in [3.8, 4) is 11.8 Å². The van der Waals surface area contributed by atoms with Gasteiger partial charge in [-0.15, -0.1) is 0 Å². The molecule has 144 valence electrons. The van der Waals surface area contributed by atoms with Crippen molar-refractivity contribution in [1.82, 2.24) is 0 Å². The molecule has 0 heterocycles. The van der Waals surface area contributed by atoms with Gasteiger partial charge in [-0.25, -0.2) is 0 Å². The third-order valence-corrected chi connectivity index (χ3v) is 6.24. The zero-order valence-electron chi connectivity index (χ0n) is 16.9. The molecule has 1 aliphatic carbocycles. The lowest BCUT2D eigenvalue weighted by Gasteiger charge is -2.42. The highest BCUT2D eigenvalue weighted by Crippen LogP contribution is 2.53. The van der Waals surface area contributed by atoms with Crippen LogP contribution in [0.3, 0.4) is 0 Å². The second-order valence-corrected chi connectivity index (χ2v) is 8.72. The van der Waals surface area contributed by atoms with Gasteiger partial charge in [-0.05, 0) is 51.5 Å². The van der Waals surface area contributed by atoms with Crippen molar-refractivity contribution < 1.29 is 15.1 Å². The van der Waals surface area contributed by atoms with Crippen LogP contribution in [0.25, 0.3) is 0 Å². The Balaban J connectivity index is 2.38. The number of rotatable bonds is 6. The summed E-state index contributed by atoms with van der Waals surface area (Å²) < 4.78 is 0. The third kappa shape index (κ3) is 4.31. The molecule has 3 nitrogen and oxygen atoms in total. The molecule has 0 aromatic heterocycles. The molecule has 3 heteroatoms. The molecule has 26 heavy (non-hydrogen) atoms. The van der Waals surface area contributed by atoms with Crippen molar-refractivity contribution in [2.24, 2.45) is 5.41 Å². The van der Waals surface area contributed by atoms with Gasteiger partial charge in [0.15, 0.2) is 5.60 Å². The molecule has 1 fully saturated rings. The fourth-order valence-electron chi connectivity index (χ4n) is 4.36. The molecule has 0 saturated heterocycles. The minimum Gasteiger partial charge on any atom is -0.391 e. The number of hydrogen-bond donors (Lipinski definition) is 3. The summed E-state index contributed by atoms with van der Waals surface area (Å²) in [6.45, 7) is 10.1. The maximum absolute atomic E-state index is 11.8. The fourth-order valence-corrected chi connectivity index (χ4v) is 4.36. The van der Waals surface area contributed by atoms with E-state index in [0.29, 0.717) is 13.1 Å². The first-order chi connectivity index (χ1) is 12.3. The van der Waals surface area contributed by atoms with Crippen LogP contribution in [0.5, 0.6) is 0 Å². The zero-order valence-corrected chi connectivity index (χ0v) is 16.9. The van der Waals surface area contributed by atoms with Gasteiger partial charge >= 0.3 is 0 Å². The molecule has 1 aromatic carbocycles. The Labute approximate surface area is 159 Å². The number of aliphatic hydroxyl groups excluding tert-OH is 1. The molecule has 0 radical (unpaired) electrons. The summed E-state index contributed by atoms with van der Waals surface area (Å²) in [6, 6.07) is 9.97. The topological polar surface area (TPSA) is 44.9 Å². The second-order valence-electron chi connectivity index (χ2n) is 8.72. The number of quaternary nitrogens is 1. The smallest absolute Gasteiger partial charge is 0.156 e. The van der Waals surface area contributed by atoms with Gasteiger partial charge in [-0.2, -0.15) is 0 Å². The van der Waals surface area contributed by atoms with Crippen molar-refractivity contribution in [3.05, 3.63) is 35.9 Å². The Bertz CT molecular complexity index is 617. The summed E-state index contributed by atoms with van der Waals surface area (Å²) in [6.07, 6.45) is 5.30. The molecular formula is C23H36NO2+. The first-order valence-electron chi connectivity index (χ1n) is 10.0. The monoisotopic (exact) mass is 358 g/mol. The van der Waals surface area contributed by atoms with E-state index in [1.54, 1.807) is 0 Å². The van der Waals surface area contributed by atoms with E-state index < -0.39 is 5.60 Å². The molecule has 3 N–H and O–H groups in total. The van der Waals surface area contributed by atoms with Crippen LogP contribution < -0.4 is 4.90 Å². The van der Waals surface area contributed by atoms with E-state index in [9.17, 15) is 10.2 Å². The van der Waals surface area contributed by atoms with E-state index in [2.05, 4.69) is 39.5 Å². The Hall–Kier alpha value is -1.34. The van der Waals surface area contributed by atoms with Crippen LogP contribution in [0, 0.1) is 17.3 Å². The summed E-state index contributed by atoms with van der Waals surface area (Å²) in [7, 11) is 0. The van der Waals surface area contributed by atoms with Crippen molar-refractivity contribution in [1.29, 1.82) is 0 Å². The fraction of sp³-hybridized carbons (Fsp3) is 0.652. The SMILES string of the molecule is CCC1([C@](O)(C#CC[NH+](CCO)C(C)(C)C)c2ccccc2)CCCC1. The van der Waals surface area contributed by atoms with Gasteiger partial charge in [-0.3, -0.25) is 0 Å². The van der Waals surface area contributed by atoms with Crippen LogP contribution in [0.15, 0.2) is 30.3 Å². The van der Waals surface area contributed by atoms with Crippen LogP contribution in [-0.4, -0.2) is 35.4 Å². The highest BCUT2D eigenvalue weighted by molar-refractivity contribution is 5.36. The molecular weight excluding hydrogens is 322 g/mol. The minimum atomic E-state index is -1.11. The van der Waals surface area contributed by atoms with Gasteiger partial charge < -0.3 is 15.1 Å². The van der Waals surface area contributed by atoms with Crippen molar-refractivity contribution >= 4 is 0 Å². The number of benzene rings is 1. The average molecular weight is 359 g/mol. The van der Waals surface area contributed by atoms with Gasteiger partial charge in [0.2, 0.25) is 0 Å². The lowest BCUT2D eigenvalue weighted by Crippen LogP contribution is -3.19. The predicted molar refractivity (Wildman–Crippen MR) is 107 cm³/mol. The number of aliphatic hydroxyl groups is 2. The summed E-state index contributed by atoms with van der Waals surface area (Å²) in [4.78, 5) is 1.24. The minimum absolute atomic E-state index is 0.0120. The van der Waals surface area contributed by atoms with Crippen LogP contribution in [0.2, 0.25) is 0 Å². The van der Waals surface area contributed by atoms with Gasteiger partial charge in [-0.1, -0.05) is 56.0 Å². The van der Waals surface area contributed by atoms with Crippen LogP contribution in [0.4, 0.5) is 0 Å². The van der Waals surface area contributed by atoms with Gasteiger partial charge in [0, 0.05) is 5.41 Å². The summed E-state index contributed by atoms with van der Waals surface area (Å²) in [5, 5.41) is 21.2. The maximum Gasteiger partial charge on any atom is 0.156 e. The highest BCUT2D eigenvalue weighted by Gasteiger charge is 2.50. The molecule has 1 aromatic rings. The highest BCUT2D eigenvalue weighted by atomic mass is 16.3. The zero-order chi connectivity index (χ0) is 19.3. The van der Waals surface area contributed by atoms with Gasteiger partial charge in [0.1, 0.15) is 13.1 Å². The van der Waals surface area contributed by atoms with Crippen molar-refractivity contribution in [3.63, 3.8) is 0 Å². The van der Waals surface area contributed by atoms with Crippen molar-refractivity contribution in [2.75, 3.05) is 19.7 Å². The van der Waals surface area contributed by atoms with E-state index in [1.165, 1.54) is 4.90 Å². The van der Waals surface area contributed by atoms with Crippen molar-refractivity contribution in [2.45, 2.75) is 70.9 Å². The molecule has 1 unspecified atom stereocenters. The Kier molecular flexibility index (Phi) is 6.91. The largest absolute Gasteiger partial charge is 0.391 e. The molecule has 0 aliphatic heterocycles. The normalized spacial score (nSPS) is 20.1. The lowest BCUT2D eigenvalue weighted by molar-refractivity contribution is -0.940. The van der Waals surface area contributed by atoms with Crippen LogP contribution in [0.1, 0.15) is 65.4 Å². The van der Waals surface area contributed by atoms with Crippen LogP contribution >= 0.6 is 0 Å². The Morgan fingerprint density at radius 1 is 1.12 bits per heavy atom. The predicted octanol–water partition coefficient (Wildman–Crippen LogP) is 2.52. The standard InChI is InChI=1S/C23H35NO2/c1-5-22(14-9-10-15-22)23(26,20-12-7-6-8-13-20)16-11-17-24(18-19-25)21(2,3)4/h6-8,12-13,25-26H,5,9-10,14-15,17-19H2,1-4H3/p+1/t23-/m0/s1. The molecule has 0 amide bonds. The molecule has 2 rings (SSSR count). The van der Waals surface area contributed by atoms with Crippen LogP contribution in [-0.2, 0) is 5.60 Å². The summed E-state index contributed by atoms with van der Waals surface area (Å²) in [5.74, 6) is 6.61. The lowest BCUT2D eigenvalue weighted by atomic mass is 9.65.